The smallest absolute Gasteiger partial charge is 0.368 e. The van der Waals surface area contributed by atoms with Gasteiger partial charge >= 0.3 is 23.6 Å². The van der Waals surface area contributed by atoms with E-state index >= 15 is 0 Å². The molecule has 10 heteroatoms. The molecular formula is C8H11N3O7. The molecule has 1 aliphatic rings. The van der Waals surface area contributed by atoms with Gasteiger partial charge in [-0.05, 0) is 0 Å². The van der Waals surface area contributed by atoms with Gasteiger partial charge in [0, 0.05) is 0 Å². The average molecular weight is 261 g/mol. The van der Waals surface area contributed by atoms with Gasteiger partial charge in [0.05, 0.1) is 6.42 Å². The number of carbonyl (C=O) groups excluding carboxylic acids is 3. The number of aliphatic carboxylic acids is 1. The molecule has 0 aromatic heterocycles. The lowest BCUT2D eigenvalue weighted by Gasteiger charge is -2.33. The van der Waals surface area contributed by atoms with Crippen molar-refractivity contribution in [3.05, 3.63) is 0 Å². The average Bonchev–Trinajstić information content (AvgIpc) is 2.22. The highest BCUT2D eigenvalue weighted by Crippen LogP contribution is 2.19. The third-order valence-corrected chi connectivity index (χ3v) is 2.19. The first-order chi connectivity index (χ1) is 8.18. The number of cyclic esters (lactones) is 2. The number of rotatable bonds is 2. The van der Waals surface area contributed by atoms with Crippen molar-refractivity contribution in [1.29, 1.82) is 0 Å². The molecule has 3 unspecified atom stereocenters. The molecule has 0 aromatic carbocycles. The molecular weight excluding hydrogens is 250 g/mol. The van der Waals surface area contributed by atoms with E-state index in [9.17, 15) is 19.2 Å². The number of carboxylic acids is 1. The van der Waals surface area contributed by atoms with Gasteiger partial charge < -0.3 is 26.0 Å². The Balaban J connectivity index is 3.21. The minimum Gasteiger partial charge on any atom is -0.477 e. The zero-order chi connectivity index (χ0) is 14.1. The molecule has 1 amide bonds. The predicted molar refractivity (Wildman–Crippen MR) is 52.3 cm³/mol. The lowest BCUT2D eigenvalue weighted by molar-refractivity contribution is -0.205. The van der Waals surface area contributed by atoms with Crippen molar-refractivity contribution in [3.8, 4) is 0 Å². The molecule has 1 aliphatic heterocycles. The predicted octanol–water partition coefficient (Wildman–Crippen LogP) is -3.60. The molecule has 1 fully saturated rings. The van der Waals surface area contributed by atoms with Crippen molar-refractivity contribution in [2.45, 2.75) is 24.3 Å². The van der Waals surface area contributed by atoms with Crippen LogP contribution < -0.4 is 17.2 Å². The molecule has 0 saturated carbocycles. The van der Waals surface area contributed by atoms with Crippen molar-refractivity contribution < 1.29 is 33.8 Å². The van der Waals surface area contributed by atoms with E-state index in [4.69, 9.17) is 22.3 Å². The molecule has 0 spiro atoms. The van der Waals surface area contributed by atoms with Gasteiger partial charge in [0.2, 0.25) is 6.10 Å². The van der Waals surface area contributed by atoms with Crippen LogP contribution in [0.25, 0.3) is 0 Å². The first-order valence-corrected chi connectivity index (χ1v) is 4.68. The first-order valence-electron chi connectivity index (χ1n) is 4.68. The van der Waals surface area contributed by atoms with Gasteiger partial charge in [0.25, 0.3) is 5.91 Å². The fraction of sp³-hybridized carbons (Fsp3) is 0.500. The topological polar surface area (TPSA) is 185 Å². The van der Waals surface area contributed by atoms with E-state index < -0.39 is 48.1 Å². The van der Waals surface area contributed by atoms with Crippen LogP contribution >= 0.6 is 0 Å². The van der Waals surface area contributed by atoms with E-state index in [0.29, 0.717) is 0 Å². The number of carbonyl (C=O) groups is 4. The second-order valence-electron chi connectivity index (χ2n) is 3.60. The second kappa shape index (κ2) is 4.58. The number of hydrogen-bond acceptors (Lipinski definition) is 8. The molecule has 0 radical (unpaired) electrons. The van der Waals surface area contributed by atoms with Crippen molar-refractivity contribution in [3.63, 3.8) is 0 Å². The standard InChI is InChI=1S/C8H11N3O7/c9-2-1-3(12)18-8(11,7(15)16)4(5(10)13)17-6(2)14/h2,4H,1,9,11H2,(H2,10,13)(H,15,16). The summed E-state index contributed by atoms with van der Waals surface area (Å²) in [5.41, 5.74) is 12.5. The van der Waals surface area contributed by atoms with Crippen LogP contribution in [0.3, 0.4) is 0 Å². The van der Waals surface area contributed by atoms with Crippen LogP contribution in [-0.2, 0) is 28.7 Å². The van der Waals surface area contributed by atoms with E-state index in [1.165, 1.54) is 0 Å². The van der Waals surface area contributed by atoms with Gasteiger partial charge in [-0.2, -0.15) is 0 Å². The Bertz CT molecular complexity index is 423. The maximum Gasteiger partial charge on any atom is 0.368 e. The van der Waals surface area contributed by atoms with Gasteiger partial charge in [-0.1, -0.05) is 0 Å². The molecule has 1 saturated heterocycles. The maximum absolute atomic E-state index is 11.3. The minimum absolute atomic E-state index is 0.628. The summed E-state index contributed by atoms with van der Waals surface area (Å²) in [6.45, 7) is 0. The molecule has 0 bridgehead atoms. The fourth-order valence-electron chi connectivity index (χ4n) is 1.26. The highest BCUT2D eigenvalue weighted by Gasteiger charge is 2.54. The Morgan fingerprint density at radius 1 is 1.39 bits per heavy atom. The number of primary amides is 1. The van der Waals surface area contributed by atoms with Crippen LogP contribution in [-0.4, -0.2) is 46.8 Å². The van der Waals surface area contributed by atoms with Crippen molar-refractivity contribution in [2.24, 2.45) is 17.2 Å². The summed E-state index contributed by atoms with van der Waals surface area (Å²) in [7, 11) is 0. The van der Waals surface area contributed by atoms with E-state index in [-0.39, 0.29) is 0 Å². The summed E-state index contributed by atoms with van der Waals surface area (Å²) in [6, 6.07) is -1.39. The van der Waals surface area contributed by atoms with Gasteiger partial charge in [-0.15, -0.1) is 0 Å². The third kappa shape index (κ3) is 2.38. The molecule has 7 N–H and O–H groups in total. The largest absolute Gasteiger partial charge is 0.477 e. The van der Waals surface area contributed by atoms with Crippen LogP contribution in [0.5, 0.6) is 0 Å². The molecule has 18 heavy (non-hydrogen) atoms. The summed E-state index contributed by atoms with van der Waals surface area (Å²) >= 11 is 0. The summed E-state index contributed by atoms with van der Waals surface area (Å²) in [5, 5.41) is 8.87. The maximum atomic E-state index is 11.3. The van der Waals surface area contributed by atoms with Crippen LogP contribution in [0.1, 0.15) is 6.42 Å². The van der Waals surface area contributed by atoms with Gasteiger partial charge in [-0.3, -0.25) is 20.1 Å². The van der Waals surface area contributed by atoms with Crippen molar-refractivity contribution in [2.75, 3.05) is 0 Å². The summed E-state index contributed by atoms with van der Waals surface area (Å²) in [5.74, 6) is -5.60. The zero-order valence-corrected chi connectivity index (χ0v) is 8.99. The second-order valence-corrected chi connectivity index (χ2v) is 3.60. The monoisotopic (exact) mass is 261 g/mol. The Kier molecular flexibility index (Phi) is 3.53. The molecule has 0 aromatic rings. The van der Waals surface area contributed by atoms with E-state index in [1.807, 2.05) is 0 Å². The Labute approximate surface area is 100.0 Å². The van der Waals surface area contributed by atoms with Crippen molar-refractivity contribution >= 4 is 23.8 Å². The summed E-state index contributed by atoms with van der Waals surface area (Å²) < 4.78 is 8.88. The molecule has 1 heterocycles. The number of amides is 1. The van der Waals surface area contributed by atoms with Crippen molar-refractivity contribution in [1.82, 2.24) is 0 Å². The number of esters is 2. The summed E-state index contributed by atoms with van der Waals surface area (Å²) in [4.78, 5) is 44.6. The van der Waals surface area contributed by atoms with Gasteiger partial charge in [0.15, 0.2) is 0 Å². The molecule has 100 valence electrons. The number of hydrogen-bond donors (Lipinski definition) is 4. The lowest BCUT2D eigenvalue weighted by Crippen LogP contribution is -2.67. The third-order valence-electron chi connectivity index (χ3n) is 2.19. The van der Waals surface area contributed by atoms with Crippen LogP contribution in [0.2, 0.25) is 0 Å². The van der Waals surface area contributed by atoms with E-state index in [2.05, 4.69) is 9.47 Å². The molecule has 10 nitrogen and oxygen atoms in total. The lowest BCUT2D eigenvalue weighted by atomic mass is 10.1. The quantitative estimate of drug-likeness (QED) is 0.364. The Hall–Kier alpha value is -2.20. The molecule has 1 rings (SSSR count). The van der Waals surface area contributed by atoms with E-state index in [0.717, 1.165) is 0 Å². The molecule has 3 atom stereocenters. The number of carboxylic acid groups (broad SMARTS) is 1. The Morgan fingerprint density at radius 3 is 2.39 bits per heavy atom. The SMILES string of the molecule is NC(=O)C1OC(=O)C(N)CC(=O)OC1(N)C(=O)O. The number of ether oxygens (including phenoxy) is 2. The zero-order valence-electron chi connectivity index (χ0n) is 8.99. The van der Waals surface area contributed by atoms with Crippen LogP contribution in [0, 0.1) is 0 Å². The highest BCUT2D eigenvalue weighted by atomic mass is 16.6. The van der Waals surface area contributed by atoms with Crippen LogP contribution in [0.4, 0.5) is 0 Å². The van der Waals surface area contributed by atoms with E-state index in [1.54, 1.807) is 0 Å². The number of nitrogens with two attached hydrogens (primary N) is 3. The Morgan fingerprint density at radius 2 is 1.94 bits per heavy atom. The minimum atomic E-state index is -2.88. The normalized spacial score (nSPS) is 32.8. The highest BCUT2D eigenvalue weighted by molar-refractivity contribution is 5.95. The fourth-order valence-corrected chi connectivity index (χ4v) is 1.26. The van der Waals surface area contributed by atoms with Crippen LogP contribution in [0.15, 0.2) is 0 Å². The first kappa shape index (κ1) is 13.9. The molecule has 0 aliphatic carbocycles. The van der Waals surface area contributed by atoms with Gasteiger partial charge in [0.1, 0.15) is 6.04 Å². The summed E-state index contributed by atoms with van der Waals surface area (Å²) in [6.07, 6.45) is -2.80. The van der Waals surface area contributed by atoms with Gasteiger partial charge in [-0.25, -0.2) is 4.79 Å².